The first-order chi connectivity index (χ1) is 3.43. The molecule has 3 nitrogen and oxygen atoms in total. The van der Waals surface area contributed by atoms with Gasteiger partial charge in [0.2, 0.25) is 0 Å². The summed E-state index contributed by atoms with van der Waals surface area (Å²) in [5.74, 6) is 0. The Morgan fingerprint density at radius 1 is 1.57 bits per heavy atom. The summed E-state index contributed by atoms with van der Waals surface area (Å²) in [4.78, 5) is 9.48. The van der Waals surface area contributed by atoms with Gasteiger partial charge in [-0.15, -0.1) is 5.11 Å². The van der Waals surface area contributed by atoms with Crippen LogP contribution in [0.3, 0.4) is 0 Å². The van der Waals surface area contributed by atoms with Gasteiger partial charge in [-0.2, -0.15) is 5.11 Å². The molecule has 0 aromatic carbocycles. The number of nitrogens with zero attached hydrogens (tertiary/aromatic N) is 2. The van der Waals surface area contributed by atoms with Crippen molar-refractivity contribution in [2.75, 3.05) is 0 Å². The molecule has 0 heterocycles. The predicted octanol–water partition coefficient (Wildman–Crippen LogP) is 0.757. The molecule has 0 radical (unpaired) electrons. The predicted molar refractivity (Wildman–Crippen MR) is 23.9 cm³/mol. The largest absolute Gasteiger partial charge is 0.275 e. The van der Waals surface area contributed by atoms with Crippen molar-refractivity contribution in [3.8, 4) is 0 Å². The highest BCUT2D eigenvalue weighted by Gasteiger charge is 2.19. The summed E-state index contributed by atoms with van der Waals surface area (Å²) < 4.78 is 0. The first-order valence-electron chi connectivity index (χ1n) is 2.27. The van der Waals surface area contributed by atoms with Crippen molar-refractivity contribution >= 4 is 6.41 Å². The summed E-state index contributed by atoms with van der Waals surface area (Å²) in [6.07, 6.45) is 2.69. The van der Waals surface area contributed by atoms with Crippen molar-refractivity contribution in [2.45, 2.75) is 18.9 Å². The standard InChI is InChI=1S/C4H6N2O/c7-3-5-6-4-1-2-4/h3-4H,1-2H2. The number of azo groups is 1. The minimum atomic E-state index is 0.380. The molecule has 1 fully saturated rings. The second-order valence-corrected chi connectivity index (χ2v) is 1.57. The lowest BCUT2D eigenvalue weighted by Crippen LogP contribution is -1.67. The average Bonchev–Trinajstić information content (AvgIpc) is 2.42. The zero-order valence-electron chi connectivity index (χ0n) is 3.87. The topological polar surface area (TPSA) is 41.8 Å². The van der Waals surface area contributed by atoms with E-state index in [1.807, 2.05) is 0 Å². The average molecular weight is 98.1 g/mol. The van der Waals surface area contributed by atoms with E-state index in [1.54, 1.807) is 0 Å². The van der Waals surface area contributed by atoms with E-state index in [-0.39, 0.29) is 0 Å². The second-order valence-electron chi connectivity index (χ2n) is 1.57. The number of carbonyl (C=O) groups excluding carboxylic acids is 1. The maximum atomic E-state index is 9.48. The number of amides is 1. The Morgan fingerprint density at radius 3 is 2.71 bits per heavy atom. The van der Waals surface area contributed by atoms with E-state index in [4.69, 9.17) is 0 Å². The molecule has 1 saturated carbocycles. The molecule has 38 valence electrons. The molecule has 0 aromatic heterocycles. The van der Waals surface area contributed by atoms with Gasteiger partial charge in [0.15, 0.2) is 0 Å². The molecule has 0 saturated heterocycles. The molecule has 1 aliphatic rings. The normalized spacial score (nSPS) is 20.6. The molecule has 0 bridgehead atoms. The zero-order chi connectivity index (χ0) is 5.11. The van der Waals surface area contributed by atoms with Crippen molar-refractivity contribution in [1.82, 2.24) is 0 Å². The molecule has 7 heavy (non-hydrogen) atoms. The van der Waals surface area contributed by atoms with Crippen molar-refractivity contribution in [1.29, 1.82) is 0 Å². The highest BCUT2D eigenvalue weighted by atomic mass is 16.1. The Hall–Kier alpha value is -0.730. The number of hydrogen-bond donors (Lipinski definition) is 0. The minimum absolute atomic E-state index is 0.380. The first-order valence-corrected chi connectivity index (χ1v) is 2.27. The van der Waals surface area contributed by atoms with E-state index in [0.717, 1.165) is 12.8 Å². The Kier molecular flexibility index (Phi) is 1.15. The third-order valence-corrected chi connectivity index (χ3v) is 0.824. The van der Waals surface area contributed by atoms with Gasteiger partial charge in [-0.25, -0.2) is 0 Å². The Balaban J connectivity index is 2.17. The van der Waals surface area contributed by atoms with Gasteiger partial charge in [0.25, 0.3) is 6.41 Å². The molecule has 3 heteroatoms. The van der Waals surface area contributed by atoms with Crippen LogP contribution in [0.1, 0.15) is 12.8 Å². The van der Waals surface area contributed by atoms with Gasteiger partial charge in [0, 0.05) is 0 Å². The first kappa shape index (κ1) is 4.43. The summed E-state index contributed by atoms with van der Waals surface area (Å²) >= 11 is 0. The van der Waals surface area contributed by atoms with Gasteiger partial charge in [0.1, 0.15) is 0 Å². The summed E-state index contributed by atoms with van der Waals surface area (Å²) in [6, 6.07) is 0.380. The molecule has 0 N–H and O–H groups in total. The molecule has 0 aliphatic heterocycles. The van der Waals surface area contributed by atoms with Crippen molar-refractivity contribution in [3.05, 3.63) is 0 Å². The lowest BCUT2D eigenvalue weighted by atomic mass is 10.8. The van der Waals surface area contributed by atoms with Crippen LogP contribution in [-0.2, 0) is 4.79 Å². The van der Waals surface area contributed by atoms with Crippen molar-refractivity contribution < 1.29 is 4.79 Å². The van der Waals surface area contributed by atoms with E-state index >= 15 is 0 Å². The molecule has 1 rings (SSSR count). The monoisotopic (exact) mass is 98.0 g/mol. The Morgan fingerprint density at radius 2 is 2.29 bits per heavy atom. The maximum Gasteiger partial charge on any atom is 0.252 e. The van der Waals surface area contributed by atoms with E-state index in [2.05, 4.69) is 10.2 Å². The number of hydrogen-bond acceptors (Lipinski definition) is 2. The van der Waals surface area contributed by atoms with Crippen LogP contribution in [-0.4, -0.2) is 12.5 Å². The number of carbonyl (C=O) groups is 1. The lowest BCUT2D eigenvalue weighted by Gasteiger charge is -1.69. The quantitative estimate of drug-likeness (QED) is 0.371. The SMILES string of the molecule is O=CN=NC1CC1. The van der Waals surface area contributed by atoms with Gasteiger partial charge >= 0.3 is 0 Å². The van der Waals surface area contributed by atoms with Crippen molar-refractivity contribution in [2.24, 2.45) is 10.2 Å². The second kappa shape index (κ2) is 1.82. The van der Waals surface area contributed by atoms with Gasteiger partial charge in [-0.1, -0.05) is 0 Å². The van der Waals surface area contributed by atoms with Gasteiger partial charge in [-0.3, -0.25) is 4.79 Å². The van der Waals surface area contributed by atoms with Gasteiger partial charge in [0.05, 0.1) is 6.04 Å². The van der Waals surface area contributed by atoms with Crippen molar-refractivity contribution in [3.63, 3.8) is 0 Å². The smallest absolute Gasteiger partial charge is 0.252 e. The molecular formula is C4H6N2O. The summed E-state index contributed by atoms with van der Waals surface area (Å²) in [7, 11) is 0. The maximum absolute atomic E-state index is 9.48. The third kappa shape index (κ3) is 1.43. The molecule has 0 aromatic rings. The van der Waals surface area contributed by atoms with E-state index in [1.165, 1.54) is 0 Å². The fraction of sp³-hybridized carbons (Fsp3) is 0.750. The molecule has 0 unspecified atom stereocenters. The highest BCUT2D eigenvalue weighted by molar-refractivity contribution is 5.45. The molecule has 0 spiro atoms. The lowest BCUT2D eigenvalue weighted by molar-refractivity contribution is -0.107. The van der Waals surface area contributed by atoms with Crippen LogP contribution in [0.25, 0.3) is 0 Å². The third-order valence-electron chi connectivity index (χ3n) is 0.824. The van der Waals surface area contributed by atoms with Crippen LogP contribution in [0.4, 0.5) is 0 Å². The van der Waals surface area contributed by atoms with Crippen LogP contribution in [0.15, 0.2) is 10.2 Å². The van der Waals surface area contributed by atoms with Gasteiger partial charge in [-0.05, 0) is 12.8 Å². The Bertz CT molecular complexity index is 95.9. The van der Waals surface area contributed by atoms with Crippen LogP contribution >= 0.6 is 0 Å². The summed E-state index contributed by atoms with van der Waals surface area (Å²) in [6.45, 7) is 0. The van der Waals surface area contributed by atoms with Gasteiger partial charge < -0.3 is 0 Å². The number of rotatable bonds is 2. The Labute approximate surface area is 41.4 Å². The van der Waals surface area contributed by atoms with E-state index in [9.17, 15) is 4.79 Å². The van der Waals surface area contributed by atoms with Crippen LogP contribution < -0.4 is 0 Å². The van der Waals surface area contributed by atoms with E-state index in [0.29, 0.717) is 12.5 Å². The van der Waals surface area contributed by atoms with Crippen LogP contribution in [0.2, 0.25) is 0 Å². The summed E-state index contributed by atoms with van der Waals surface area (Å²) in [5.41, 5.74) is 0. The molecule has 1 amide bonds. The van der Waals surface area contributed by atoms with Crippen LogP contribution in [0, 0.1) is 0 Å². The van der Waals surface area contributed by atoms with E-state index < -0.39 is 0 Å². The zero-order valence-corrected chi connectivity index (χ0v) is 3.87. The summed E-state index contributed by atoms with van der Waals surface area (Å²) in [5, 5.41) is 6.79. The fourth-order valence-electron chi connectivity index (χ4n) is 0.312. The molecular weight excluding hydrogens is 92.1 g/mol. The van der Waals surface area contributed by atoms with Crippen LogP contribution in [0.5, 0.6) is 0 Å². The molecule has 0 atom stereocenters. The molecule has 1 aliphatic carbocycles. The fourth-order valence-corrected chi connectivity index (χ4v) is 0.312. The minimum Gasteiger partial charge on any atom is -0.275 e. The highest BCUT2D eigenvalue weighted by Crippen LogP contribution is 2.23.